The zero-order valence-corrected chi connectivity index (χ0v) is 18.0. The summed E-state index contributed by atoms with van der Waals surface area (Å²) in [7, 11) is 1.95. The number of para-hydroxylation sites is 1. The van der Waals surface area contributed by atoms with E-state index in [2.05, 4.69) is 20.3 Å². The smallest absolute Gasteiger partial charge is 0.254 e. The molecule has 0 saturated carbocycles. The summed E-state index contributed by atoms with van der Waals surface area (Å²) in [6.45, 7) is 5.92. The van der Waals surface area contributed by atoms with Crippen LogP contribution in [0.15, 0.2) is 59.5 Å². The average molecular weight is 415 g/mol. The molecule has 0 aliphatic carbocycles. The monoisotopic (exact) mass is 415 g/mol. The lowest BCUT2D eigenvalue weighted by atomic mass is 9.99. The SMILES string of the molecule is Cc1c(C(=O)NC(c2cc(=O)[nH]c(-c3ccccn3)n2)C(C)C)c2ccccc2n1C. The number of carbonyl (C=O) groups is 1. The third-order valence-corrected chi connectivity index (χ3v) is 5.57. The fourth-order valence-electron chi connectivity index (χ4n) is 3.86. The predicted octanol–water partition coefficient (Wildman–Crippen LogP) is 3.76. The maximum Gasteiger partial charge on any atom is 0.254 e. The fraction of sp³-hybridized carbons (Fsp3) is 0.250. The van der Waals surface area contributed by atoms with Crippen molar-refractivity contribution in [2.45, 2.75) is 26.8 Å². The highest BCUT2D eigenvalue weighted by Crippen LogP contribution is 2.27. The van der Waals surface area contributed by atoms with Crippen molar-refractivity contribution in [2.75, 3.05) is 0 Å². The third-order valence-electron chi connectivity index (χ3n) is 5.57. The number of carbonyl (C=O) groups excluding carboxylic acids is 1. The first kappa shape index (κ1) is 20.5. The molecule has 0 aliphatic heterocycles. The average Bonchev–Trinajstić information content (AvgIpc) is 3.02. The molecule has 0 radical (unpaired) electrons. The van der Waals surface area contributed by atoms with Gasteiger partial charge < -0.3 is 14.9 Å². The summed E-state index contributed by atoms with van der Waals surface area (Å²) in [6, 6.07) is 14.3. The van der Waals surface area contributed by atoms with Crippen LogP contribution in [0.5, 0.6) is 0 Å². The molecule has 0 fully saturated rings. The number of rotatable bonds is 5. The number of pyridine rings is 1. The van der Waals surface area contributed by atoms with Gasteiger partial charge >= 0.3 is 0 Å². The van der Waals surface area contributed by atoms with E-state index in [1.807, 2.05) is 62.7 Å². The van der Waals surface area contributed by atoms with Crippen molar-refractivity contribution in [3.8, 4) is 11.5 Å². The first-order valence-corrected chi connectivity index (χ1v) is 10.2. The van der Waals surface area contributed by atoms with Crippen LogP contribution in [0.25, 0.3) is 22.4 Å². The van der Waals surface area contributed by atoms with E-state index >= 15 is 0 Å². The van der Waals surface area contributed by atoms with Crippen LogP contribution in [0.1, 0.15) is 41.6 Å². The number of hydrogen-bond donors (Lipinski definition) is 2. The van der Waals surface area contributed by atoms with Gasteiger partial charge in [0.05, 0.1) is 17.3 Å². The lowest BCUT2D eigenvalue weighted by Crippen LogP contribution is -2.33. The molecule has 0 spiro atoms. The summed E-state index contributed by atoms with van der Waals surface area (Å²) in [4.78, 5) is 37.4. The van der Waals surface area contributed by atoms with Crippen molar-refractivity contribution in [1.29, 1.82) is 0 Å². The van der Waals surface area contributed by atoms with Crippen molar-refractivity contribution in [1.82, 2.24) is 24.8 Å². The van der Waals surface area contributed by atoms with E-state index in [0.29, 0.717) is 22.8 Å². The Morgan fingerprint density at radius 3 is 2.58 bits per heavy atom. The highest BCUT2D eigenvalue weighted by atomic mass is 16.1. The number of nitrogens with one attached hydrogen (secondary N) is 2. The van der Waals surface area contributed by atoms with E-state index in [1.54, 1.807) is 18.3 Å². The highest BCUT2D eigenvalue weighted by Gasteiger charge is 2.25. The van der Waals surface area contributed by atoms with E-state index in [9.17, 15) is 9.59 Å². The van der Waals surface area contributed by atoms with Crippen molar-refractivity contribution in [3.63, 3.8) is 0 Å². The molecule has 2 N–H and O–H groups in total. The number of aromatic amines is 1. The van der Waals surface area contributed by atoms with Gasteiger partial charge in [-0.2, -0.15) is 0 Å². The molecule has 158 valence electrons. The molecular weight excluding hydrogens is 390 g/mol. The number of H-pyrrole nitrogens is 1. The first-order chi connectivity index (χ1) is 14.9. The van der Waals surface area contributed by atoms with E-state index in [0.717, 1.165) is 16.6 Å². The van der Waals surface area contributed by atoms with Crippen LogP contribution in [0.4, 0.5) is 0 Å². The Kier molecular flexibility index (Phi) is 5.42. The second-order valence-corrected chi connectivity index (χ2v) is 7.97. The van der Waals surface area contributed by atoms with Gasteiger partial charge in [0.1, 0.15) is 5.69 Å². The van der Waals surface area contributed by atoms with Crippen molar-refractivity contribution >= 4 is 16.8 Å². The molecule has 1 unspecified atom stereocenters. The molecule has 1 aromatic carbocycles. The van der Waals surface area contributed by atoms with Gasteiger partial charge in [0.15, 0.2) is 5.82 Å². The van der Waals surface area contributed by atoms with E-state index in [4.69, 9.17) is 0 Å². The Bertz CT molecular complexity index is 1300. The summed E-state index contributed by atoms with van der Waals surface area (Å²) in [5.41, 5.74) is 3.31. The Hall–Kier alpha value is -3.74. The summed E-state index contributed by atoms with van der Waals surface area (Å²) in [6.07, 6.45) is 1.65. The Morgan fingerprint density at radius 1 is 1.13 bits per heavy atom. The lowest BCUT2D eigenvalue weighted by molar-refractivity contribution is 0.0925. The molecule has 31 heavy (non-hydrogen) atoms. The Labute approximate surface area is 180 Å². The molecule has 0 bridgehead atoms. The minimum absolute atomic E-state index is 0.0186. The zero-order valence-electron chi connectivity index (χ0n) is 18.0. The Morgan fingerprint density at radius 2 is 1.87 bits per heavy atom. The van der Waals surface area contributed by atoms with Crippen LogP contribution in [-0.2, 0) is 7.05 Å². The molecule has 1 atom stereocenters. The number of amides is 1. The van der Waals surface area contributed by atoms with Gasteiger partial charge in [-0.05, 0) is 31.0 Å². The number of aryl methyl sites for hydroxylation is 1. The molecule has 0 saturated heterocycles. The van der Waals surface area contributed by atoms with Gasteiger partial charge in [0.25, 0.3) is 11.5 Å². The molecule has 4 rings (SSSR count). The number of hydrogen-bond acceptors (Lipinski definition) is 4. The molecule has 3 heterocycles. The molecule has 7 nitrogen and oxygen atoms in total. The summed E-state index contributed by atoms with van der Waals surface area (Å²) >= 11 is 0. The molecular formula is C24H25N5O2. The van der Waals surface area contributed by atoms with Gasteiger partial charge in [-0.3, -0.25) is 14.6 Å². The van der Waals surface area contributed by atoms with Crippen molar-refractivity contribution in [3.05, 3.63) is 82.0 Å². The van der Waals surface area contributed by atoms with Crippen LogP contribution < -0.4 is 10.9 Å². The van der Waals surface area contributed by atoms with Gasteiger partial charge in [-0.1, -0.05) is 38.1 Å². The first-order valence-electron chi connectivity index (χ1n) is 10.2. The van der Waals surface area contributed by atoms with E-state index < -0.39 is 6.04 Å². The second kappa shape index (κ2) is 8.18. The normalized spacial score (nSPS) is 12.3. The standard InChI is InChI=1S/C24H25N5O2/c1-14(2)22(18-13-20(30)27-23(26-18)17-10-7-8-12-25-17)28-24(31)21-15(3)29(4)19-11-6-5-9-16(19)21/h5-14,22H,1-4H3,(H,28,31)(H,26,27,30). The van der Waals surface area contributed by atoms with Gasteiger partial charge in [-0.25, -0.2) is 4.98 Å². The number of nitrogens with zero attached hydrogens (tertiary/aromatic N) is 3. The van der Waals surface area contributed by atoms with Crippen LogP contribution in [0.2, 0.25) is 0 Å². The molecule has 4 aromatic rings. The van der Waals surface area contributed by atoms with Crippen LogP contribution in [0.3, 0.4) is 0 Å². The quantitative estimate of drug-likeness (QED) is 0.519. The van der Waals surface area contributed by atoms with Crippen LogP contribution in [0, 0.1) is 12.8 Å². The lowest BCUT2D eigenvalue weighted by Gasteiger charge is -2.22. The predicted molar refractivity (Wildman–Crippen MR) is 121 cm³/mol. The van der Waals surface area contributed by atoms with Crippen molar-refractivity contribution in [2.24, 2.45) is 13.0 Å². The summed E-state index contributed by atoms with van der Waals surface area (Å²) in [5, 5.41) is 4.01. The van der Waals surface area contributed by atoms with Crippen LogP contribution in [-0.4, -0.2) is 25.4 Å². The molecule has 3 aromatic heterocycles. The molecule has 7 heteroatoms. The van der Waals surface area contributed by atoms with Crippen LogP contribution >= 0.6 is 0 Å². The fourth-order valence-corrected chi connectivity index (χ4v) is 3.86. The van der Waals surface area contributed by atoms with Gasteiger partial charge in [0.2, 0.25) is 0 Å². The van der Waals surface area contributed by atoms with E-state index in [1.165, 1.54) is 6.07 Å². The minimum atomic E-state index is -0.435. The van der Waals surface area contributed by atoms with Gasteiger partial charge in [-0.15, -0.1) is 0 Å². The maximum atomic E-state index is 13.4. The number of aromatic nitrogens is 4. The second-order valence-electron chi connectivity index (χ2n) is 7.97. The molecule has 0 aliphatic rings. The third kappa shape index (κ3) is 3.86. The van der Waals surface area contributed by atoms with Crippen molar-refractivity contribution < 1.29 is 4.79 Å². The maximum absolute atomic E-state index is 13.4. The van der Waals surface area contributed by atoms with E-state index in [-0.39, 0.29) is 17.4 Å². The summed E-state index contributed by atoms with van der Waals surface area (Å²) < 4.78 is 2.01. The van der Waals surface area contributed by atoms with Gasteiger partial charge in [0, 0.05) is 35.9 Å². The highest BCUT2D eigenvalue weighted by molar-refractivity contribution is 6.08. The molecule has 1 amide bonds. The Balaban J connectivity index is 1.74. The minimum Gasteiger partial charge on any atom is -0.347 e. The summed E-state index contributed by atoms with van der Waals surface area (Å²) in [5.74, 6) is 0.212. The zero-order chi connectivity index (χ0) is 22.1. The number of fused-ring (bicyclic) bond motifs is 1. The number of benzene rings is 1. The topological polar surface area (TPSA) is 92.7 Å². The largest absolute Gasteiger partial charge is 0.347 e.